The standard InChI is InChI=1S/C22H26N2O3/c1-16(17-6-3-2-4-7-17)12-13-23-21(25)15-27-20-9-5-8-19(14-20)24-22(26)18-10-11-18/h2-9,14,16,18H,10-13,15H2,1H3,(H,23,25)(H,24,26). The molecule has 2 amide bonds. The average molecular weight is 366 g/mol. The third-order valence-electron chi connectivity index (χ3n) is 4.69. The van der Waals surface area contributed by atoms with E-state index in [0.29, 0.717) is 23.9 Å². The highest BCUT2D eigenvalue weighted by Gasteiger charge is 2.29. The zero-order chi connectivity index (χ0) is 19.1. The van der Waals surface area contributed by atoms with Gasteiger partial charge < -0.3 is 15.4 Å². The Morgan fingerprint density at radius 3 is 2.63 bits per heavy atom. The van der Waals surface area contributed by atoms with Crippen molar-refractivity contribution in [2.75, 3.05) is 18.5 Å². The lowest BCUT2D eigenvalue weighted by Gasteiger charge is -2.13. The maximum atomic E-state index is 12.0. The molecule has 0 aliphatic heterocycles. The molecule has 1 saturated carbocycles. The first-order valence-electron chi connectivity index (χ1n) is 9.47. The fourth-order valence-electron chi connectivity index (χ4n) is 2.83. The van der Waals surface area contributed by atoms with Crippen LogP contribution in [0.2, 0.25) is 0 Å². The third-order valence-corrected chi connectivity index (χ3v) is 4.69. The van der Waals surface area contributed by atoms with Crippen molar-refractivity contribution in [3.05, 3.63) is 60.2 Å². The number of benzene rings is 2. The second-order valence-electron chi connectivity index (χ2n) is 7.03. The highest BCUT2D eigenvalue weighted by atomic mass is 16.5. The van der Waals surface area contributed by atoms with Gasteiger partial charge in [0.1, 0.15) is 5.75 Å². The topological polar surface area (TPSA) is 67.4 Å². The fourth-order valence-corrected chi connectivity index (χ4v) is 2.83. The third kappa shape index (κ3) is 6.13. The highest BCUT2D eigenvalue weighted by molar-refractivity contribution is 5.94. The Morgan fingerprint density at radius 1 is 1.11 bits per heavy atom. The molecule has 1 aliphatic rings. The van der Waals surface area contributed by atoms with Crippen molar-refractivity contribution < 1.29 is 14.3 Å². The molecule has 3 rings (SSSR count). The van der Waals surface area contributed by atoms with Crippen molar-refractivity contribution in [1.82, 2.24) is 5.32 Å². The monoisotopic (exact) mass is 366 g/mol. The lowest BCUT2D eigenvalue weighted by atomic mass is 9.98. The molecule has 1 atom stereocenters. The minimum Gasteiger partial charge on any atom is -0.484 e. The minimum atomic E-state index is -0.150. The predicted octanol–water partition coefficient (Wildman–Crippen LogP) is 3.72. The first-order chi connectivity index (χ1) is 13.1. The van der Waals surface area contributed by atoms with Crippen LogP contribution in [0, 0.1) is 5.92 Å². The number of carbonyl (C=O) groups is 2. The van der Waals surface area contributed by atoms with Gasteiger partial charge in [0.15, 0.2) is 6.61 Å². The molecule has 1 unspecified atom stereocenters. The van der Waals surface area contributed by atoms with Gasteiger partial charge in [0.05, 0.1) is 0 Å². The Labute approximate surface area is 160 Å². The van der Waals surface area contributed by atoms with Crippen LogP contribution in [0.15, 0.2) is 54.6 Å². The second kappa shape index (κ2) is 9.21. The summed E-state index contributed by atoms with van der Waals surface area (Å²) < 4.78 is 5.54. The summed E-state index contributed by atoms with van der Waals surface area (Å²) in [6.45, 7) is 2.72. The van der Waals surface area contributed by atoms with Gasteiger partial charge >= 0.3 is 0 Å². The Bertz CT molecular complexity index is 772. The van der Waals surface area contributed by atoms with Crippen molar-refractivity contribution >= 4 is 17.5 Å². The molecule has 0 spiro atoms. The van der Waals surface area contributed by atoms with Crippen LogP contribution in [0.1, 0.15) is 37.7 Å². The summed E-state index contributed by atoms with van der Waals surface area (Å²) in [4.78, 5) is 23.8. The molecule has 1 fully saturated rings. The van der Waals surface area contributed by atoms with Crippen LogP contribution in [0.25, 0.3) is 0 Å². The van der Waals surface area contributed by atoms with Gasteiger partial charge in [-0.1, -0.05) is 43.3 Å². The molecule has 2 N–H and O–H groups in total. The number of rotatable bonds is 9. The van der Waals surface area contributed by atoms with E-state index in [4.69, 9.17) is 4.74 Å². The number of hydrogen-bond acceptors (Lipinski definition) is 3. The molecule has 27 heavy (non-hydrogen) atoms. The molecule has 2 aromatic carbocycles. The van der Waals surface area contributed by atoms with Gasteiger partial charge in [0, 0.05) is 24.2 Å². The Balaban J connectivity index is 1.38. The molecule has 5 heteroatoms. The molecule has 5 nitrogen and oxygen atoms in total. The van der Waals surface area contributed by atoms with Crippen LogP contribution in [0.5, 0.6) is 5.75 Å². The van der Waals surface area contributed by atoms with E-state index in [-0.39, 0.29) is 24.3 Å². The van der Waals surface area contributed by atoms with Crippen LogP contribution in [-0.2, 0) is 9.59 Å². The van der Waals surface area contributed by atoms with E-state index in [2.05, 4.69) is 29.7 Å². The van der Waals surface area contributed by atoms with Gasteiger partial charge in [-0.2, -0.15) is 0 Å². The zero-order valence-corrected chi connectivity index (χ0v) is 15.6. The summed E-state index contributed by atoms with van der Waals surface area (Å²) in [6.07, 6.45) is 2.80. The van der Waals surface area contributed by atoms with Crippen LogP contribution in [-0.4, -0.2) is 25.0 Å². The maximum absolute atomic E-state index is 12.0. The molecule has 2 aromatic rings. The number of carbonyl (C=O) groups excluding carboxylic acids is 2. The van der Waals surface area contributed by atoms with Gasteiger partial charge in [-0.25, -0.2) is 0 Å². The minimum absolute atomic E-state index is 0.0419. The first kappa shape index (κ1) is 19.0. The van der Waals surface area contributed by atoms with Crippen molar-refractivity contribution in [2.45, 2.75) is 32.1 Å². The van der Waals surface area contributed by atoms with E-state index in [9.17, 15) is 9.59 Å². The van der Waals surface area contributed by atoms with E-state index in [1.165, 1.54) is 5.56 Å². The quantitative estimate of drug-likeness (QED) is 0.711. The first-order valence-corrected chi connectivity index (χ1v) is 9.47. The van der Waals surface area contributed by atoms with Crippen LogP contribution in [0.3, 0.4) is 0 Å². The second-order valence-corrected chi connectivity index (χ2v) is 7.03. The van der Waals surface area contributed by atoms with Crippen molar-refractivity contribution in [3.8, 4) is 5.75 Å². The lowest BCUT2D eigenvalue weighted by Crippen LogP contribution is -2.30. The molecular weight excluding hydrogens is 340 g/mol. The molecule has 0 radical (unpaired) electrons. The molecular formula is C22H26N2O3. The van der Waals surface area contributed by atoms with Crippen LogP contribution < -0.4 is 15.4 Å². The van der Waals surface area contributed by atoms with E-state index < -0.39 is 0 Å². The van der Waals surface area contributed by atoms with Crippen LogP contribution >= 0.6 is 0 Å². The van der Waals surface area contributed by atoms with E-state index in [0.717, 1.165) is 19.3 Å². The largest absolute Gasteiger partial charge is 0.484 e. The van der Waals surface area contributed by atoms with E-state index in [1.807, 2.05) is 24.3 Å². The van der Waals surface area contributed by atoms with Crippen molar-refractivity contribution in [1.29, 1.82) is 0 Å². The Morgan fingerprint density at radius 2 is 1.89 bits per heavy atom. The number of amides is 2. The summed E-state index contributed by atoms with van der Waals surface area (Å²) in [5, 5.41) is 5.76. The molecule has 0 aromatic heterocycles. The highest BCUT2D eigenvalue weighted by Crippen LogP contribution is 2.30. The van der Waals surface area contributed by atoms with E-state index >= 15 is 0 Å². The van der Waals surface area contributed by atoms with Crippen molar-refractivity contribution in [2.24, 2.45) is 5.92 Å². The zero-order valence-electron chi connectivity index (χ0n) is 15.6. The summed E-state index contributed by atoms with van der Waals surface area (Å²) in [6, 6.07) is 17.4. The van der Waals surface area contributed by atoms with Crippen LogP contribution in [0.4, 0.5) is 5.69 Å². The van der Waals surface area contributed by atoms with Gasteiger partial charge in [-0.05, 0) is 42.9 Å². The Kier molecular flexibility index (Phi) is 6.47. The van der Waals surface area contributed by atoms with Gasteiger partial charge in [0.25, 0.3) is 5.91 Å². The predicted molar refractivity (Wildman–Crippen MR) is 106 cm³/mol. The number of anilines is 1. The van der Waals surface area contributed by atoms with Crippen molar-refractivity contribution in [3.63, 3.8) is 0 Å². The summed E-state index contributed by atoms with van der Waals surface area (Å²) in [7, 11) is 0. The molecule has 142 valence electrons. The summed E-state index contributed by atoms with van der Waals surface area (Å²) >= 11 is 0. The lowest BCUT2D eigenvalue weighted by molar-refractivity contribution is -0.123. The summed E-state index contributed by atoms with van der Waals surface area (Å²) in [5.41, 5.74) is 1.97. The molecule has 1 aliphatic carbocycles. The van der Waals surface area contributed by atoms with Gasteiger partial charge in [-0.15, -0.1) is 0 Å². The summed E-state index contributed by atoms with van der Waals surface area (Å²) in [5.74, 6) is 1.01. The smallest absolute Gasteiger partial charge is 0.257 e. The molecule has 0 heterocycles. The SMILES string of the molecule is CC(CCNC(=O)COc1cccc(NC(=O)C2CC2)c1)c1ccccc1. The number of nitrogens with one attached hydrogen (secondary N) is 2. The van der Waals surface area contributed by atoms with Gasteiger partial charge in [0.2, 0.25) is 5.91 Å². The van der Waals surface area contributed by atoms with Gasteiger partial charge in [-0.3, -0.25) is 9.59 Å². The normalized spacial score (nSPS) is 14.3. The Hall–Kier alpha value is -2.82. The fraction of sp³-hybridized carbons (Fsp3) is 0.364. The average Bonchev–Trinajstić information content (AvgIpc) is 3.53. The number of hydrogen-bond donors (Lipinski definition) is 2. The number of ether oxygens (including phenoxy) is 1. The molecule has 0 bridgehead atoms. The molecule has 0 saturated heterocycles. The maximum Gasteiger partial charge on any atom is 0.257 e. The van der Waals surface area contributed by atoms with E-state index in [1.54, 1.807) is 18.2 Å².